The number of hydrogen-bond acceptors (Lipinski definition) is 4. The van der Waals surface area contributed by atoms with Crippen LogP contribution in [0.3, 0.4) is 0 Å². The van der Waals surface area contributed by atoms with E-state index in [1.54, 1.807) is 0 Å². The van der Waals surface area contributed by atoms with Crippen LogP contribution in [0.15, 0.2) is 0 Å². The first-order valence-corrected chi connectivity index (χ1v) is 2.82. The summed E-state index contributed by atoms with van der Waals surface area (Å²) in [5.74, 6) is 0. The Bertz CT molecular complexity index is 64.0. The molecule has 0 saturated heterocycles. The lowest BCUT2D eigenvalue weighted by atomic mass is 10.2. The van der Waals surface area contributed by atoms with Crippen LogP contribution in [0.2, 0.25) is 0 Å². The van der Waals surface area contributed by atoms with E-state index in [0.717, 1.165) is 0 Å². The second kappa shape index (κ2) is 4.69. The molecule has 9 heavy (non-hydrogen) atoms. The van der Waals surface area contributed by atoms with Crippen molar-refractivity contribution in [1.82, 2.24) is 0 Å². The zero-order chi connectivity index (χ0) is 7.28. The van der Waals surface area contributed by atoms with E-state index in [9.17, 15) is 0 Å². The lowest BCUT2D eigenvalue weighted by Gasteiger charge is -2.06. The molecule has 0 aromatic heterocycles. The van der Waals surface area contributed by atoms with Gasteiger partial charge in [0.1, 0.15) is 0 Å². The molecule has 0 aliphatic carbocycles. The predicted molar refractivity (Wildman–Crippen MR) is 30.6 cm³/mol. The molecule has 56 valence electrons. The van der Waals surface area contributed by atoms with Crippen LogP contribution in [0.5, 0.6) is 0 Å². The zero-order valence-corrected chi connectivity index (χ0v) is 5.06. The SMILES string of the molecule is OCC(O)CCC(O)O. The van der Waals surface area contributed by atoms with E-state index in [1.165, 1.54) is 0 Å². The zero-order valence-electron chi connectivity index (χ0n) is 5.06. The average molecular weight is 136 g/mol. The summed E-state index contributed by atoms with van der Waals surface area (Å²) in [6, 6.07) is 0. The van der Waals surface area contributed by atoms with E-state index in [1.807, 2.05) is 0 Å². The molecule has 0 bridgehead atoms. The molecule has 0 heterocycles. The van der Waals surface area contributed by atoms with Gasteiger partial charge in [0.15, 0.2) is 6.29 Å². The predicted octanol–water partition coefficient (Wildman–Crippen LogP) is -1.57. The van der Waals surface area contributed by atoms with Crippen LogP contribution in [-0.2, 0) is 0 Å². The summed E-state index contributed by atoms with van der Waals surface area (Å²) in [5.41, 5.74) is 0. The summed E-state index contributed by atoms with van der Waals surface area (Å²) < 4.78 is 0. The van der Waals surface area contributed by atoms with Crippen molar-refractivity contribution in [2.45, 2.75) is 25.2 Å². The molecule has 0 radical (unpaired) electrons. The van der Waals surface area contributed by atoms with Crippen LogP contribution in [0.1, 0.15) is 12.8 Å². The van der Waals surface area contributed by atoms with Crippen molar-refractivity contribution in [1.29, 1.82) is 0 Å². The van der Waals surface area contributed by atoms with Gasteiger partial charge in [-0.05, 0) is 6.42 Å². The van der Waals surface area contributed by atoms with Gasteiger partial charge in [-0.1, -0.05) is 0 Å². The fourth-order valence-electron chi connectivity index (χ4n) is 0.433. The highest BCUT2D eigenvalue weighted by atomic mass is 16.5. The van der Waals surface area contributed by atoms with Crippen LogP contribution in [0.4, 0.5) is 0 Å². The van der Waals surface area contributed by atoms with Gasteiger partial charge in [-0.15, -0.1) is 0 Å². The maximum absolute atomic E-state index is 8.63. The Balaban J connectivity index is 3.06. The van der Waals surface area contributed by atoms with Crippen molar-refractivity contribution in [2.24, 2.45) is 0 Å². The monoisotopic (exact) mass is 136 g/mol. The summed E-state index contributed by atoms with van der Waals surface area (Å²) in [5, 5.41) is 33.4. The van der Waals surface area contributed by atoms with E-state index in [2.05, 4.69) is 0 Å². The van der Waals surface area contributed by atoms with Crippen molar-refractivity contribution in [3.8, 4) is 0 Å². The molecule has 0 aliphatic rings. The Kier molecular flexibility index (Phi) is 4.61. The van der Waals surface area contributed by atoms with Gasteiger partial charge in [-0.3, -0.25) is 0 Å². The number of aliphatic hydroxyl groups is 4. The average Bonchev–Trinajstić information content (AvgIpc) is 1.83. The molecule has 4 nitrogen and oxygen atoms in total. The third-order valence-electron chi connectivity index (χ3n) is 0.969. The maximum atomic E-state index is 8.63. The molecular weight excluding hydrogens is 124 g/mol. The molecule has 0 amide bonds. The van der Waals surface area contributed by atoms with Crippen LogP contribution < -0.4 is 0 Å². The van der Waals surface area contributed by atoms with Gasteiger partial charge in [0.05, 0.1) is 12.7 Å². The molecule has 0 aromatic rings. The molecule has 1 atom stereocenters. The molecule has 4 heteroatoms. The normalized spacial score (nSPS) is 14.3. The molecule has 4 N–H and O–H groups in total. The molecular formula is C5H12O4. The van der Waals surface area contributed by atoms with Gasteiger partial charge in [0.2, 0.25) is 0 Å². The quantitative estimate of drug-likeness (QED) is 0.352. The smallest absolute Gasteiger partial charge is 0.151 e. The van der Waals surface area contributed by atoms with Gasteiger partial charge in [-0.2, -0.15) is 0 Å². The standard InChI is InChI=1S/C5H12O4/c6-3-4(7)1-2-5(8)9/h4-9H,1-3H2. The van der Waals surface area contributed by atoms with E-state index in [4.69, 9.17) is 20.4 Å². The maximum Gasteiger partial charge on any atom is 0.151 e. The van der Waals surface area contributed by atoms with E-state index >= 15 is 0 Å². The Morgan fingerprint density at radius 1 is 1.00 bits per heavy atom. The highest BCUT2D eigenvalue weighted by molar-refractivity contribution is 4.52. The fraction of sp³-hybridized carbons (Fsp3) is 1.00. The molecule has 0 fully saturated rings. The van der Waals surface area contributed by atoms with Gasteiger partial charge in [-0.25, -0.2) is 0 Å². The Morgan fingerprint density at radius 2 is 1.56 bits per heavy atom. The molecule has 0 saturated carbocycles. The van der Waals surface area contributed by atoms with Gasteiger partial charge in [0, 0.05) is 6.42 Å². The lowest BCUT2D eigenvalue weighted by Crippen LogP contribution is -2.15. The Morgan fingerprint density at radius 3 is 1.89 bits per heavy atom. The van der Waals surface area contributed by atoms with E-state index in [-0.39, 0.29) is 19.4 Å². The van der Waals surface area contributed by atoms with Crippen molar-refractivity contribution >= 4 is 0 Å². The van der Waals surface area contributed by atoms with Crippen molar-refractivity contribution in [3.05, 3.63) is 0 Å². The summed E-state index contributed by atoms with van der Waals surface area (Å²) >= 11 is 0. The van der Waals surface area contributed by atoms with E-state index < -0.39 is 12.4 Å². The molecule has 1 unspecified atom stereocenters. The van der Waals surface area contributed by atoms with Gasteiger partial charge >= 0.3 is 0 Å². The largest absolute Gasteiger partial charge is 0.394 e. The minimum atomic E-state index is -1.38. The molecule has 0 aliphatic heterocycles. The summed E-state index contributed by atoms with van der Waals surface area (Å²) in [6.45, 7) is -0.327. The van der Waals surface area contributed by atoms with Crippen LogP contribution >= 0.6 is 0 Å². The Hall–Kier alpha value is -0.160. The molecule has 0 spiro atoms. The third kappa shape index (κ3) is 5.72. The van der Waals surface area contributed by atoms with Crippen LogP contribution in [-0.4, -0.2) is 39.4 Å². The first-order valence-electron chi connectivity index (χ1n) is 2.82. The summed E-state index contributed by atoms with van der Waals surface area (Å²) in [7, 11) is 0. The van der Waals surface area contributed by atoms with Gasteiger partial charge in [0.25, 0.3) is 0 Å². The first-order chi connectivity index (χ1) is 4.16. The van der Waals surface area contributed by atoms with Crippen molar-refractivity contribution in [3.63, 3.8) is 0 Å². The lowest BCUT2D eigenvalue weighted by molar-refractivity contribution is -0.0555. The number of hydrogen-bond donors (Lipinski definition) is 4. The van der Waals surface area contributed by atoms with E-state index in [0.29, 0.717) is 0 Å². The molecule has 0 aromatic carbocycles. The highest BCUT2D eigenvalue weighted by Gasteiger charge is 2.03. The van der Waals surface area contributed by atoms with Crippen LogP contribution in [0, 0.1) is 0 Å². The second-order valence-electron chi connectivity index (χ2n) is 1.89. The third-order valence-corrected chi connectivity index (χ3v) is 0.969. The molecule has 0 rings (SSSR count). The summed E-state index contributed by atoms with van der Waals surface area (Å²) in [6.07, 6.45) is -1.89. The highest BCUT2D eigenvalue weighted by Crippen LogP contribution is 1.97. The minimum absolute atomic E-state index is 0.0989. The second-order valence-corrected chi connectivity index (χ2v) is 1.89. The van der Waals surface area contributed by atoms with Crippen molar-refractivity contribution in [2.75, 3.05) is 6.61 Å². The first kappa shape index (κ1) is 8.84. The fourth-order valence-corrected chi connectivity index (χ4v) is 0.433. The van der Waals surface area contributed by atoms with Crippen molar-refractivity contribution < 1.29 is 20.4 Å². The topological polar surface area (TPSA) is 80.9 Å². The van der Waals surface area contributed by atoms with Gasteiger partial charge < -0.3 is 20.4 Å². The number of aliphatic hydroxyl groups excluding tert-OH is 3. The summed E-state index contributed by atoms with van der Waals surface area (Å²) in [4.78, 5) is 0. The minimum Gasteiger partial charge on any atom is -0.394 e. The number of rotatable bonds is 4. The Labute approximate surface area is 53.4 Å². The van der Waals surface area contributed by atoms with Crippen LogP contribution in [0.25, 0.3) is 0 Å².